The fourth-order valence-electron chi connectivity index (χ4n) is 4.99. The summed E-state index contributed by atoms with van der Waals surface area (Å²) in [5, 5.41) is 21.7. The van der Waals surface area contributed by atoms with Gasteiger partial charge in [-0.3, -0.25) is 9.69 Å². The van der Waals surface area contributed by atoms with Crippen LogP contribution in [0.1, 0.15) is 76.0 Å². The molecule has 2 fully saturated rings. The Morgan fingerprint density at radius 3 is 2.51 bits per heavy atom. The van der Waals surface area contributed by atoms with E-state index in [0.29, 0.717) is 36.3 Å². The summed E-state index contributed by atoms with van der Waals surface area (Å²) in [6, 6.07) is 12.8. The van der Waals surface area contributed by atoms with E-state index in [1.54, 1.807) is 24.3 Å². The molecule has 2 aliphatic rings. The van der Waals surface area contributed by atoms with Crippen LogP contribution in [0.5, 0.6) is 0 Å². The highest BCUT2D eigenvalue weighted by molar-refractivity contribution is 7.84. The van der Waals surface area contributed by atoms with Gasteiger partial charge in [0, 0.05) is 6.54 Å². The average Bonchev–Trinajstić information content (AvgIpc) is 3.59. The van der Waals surface area contributed by atoms with Crippen molar-refractivity contribution in [2.75, 3.05) is 11.9 Å². The van der Waals surface area contributed by atoms with Crippen LogP contribution in [-0.2, 0) is 21.3 Å². The number of benzene rings is 2. The van der Waals surface area contributed by atoms with E-state index >= 15 is 4.39 Å². The molecule has 1 aliphatic carbocycles. The first-order valence-corrected chi connectivity index (χ1v) is 14.4. The van der Waals surface area contributed by atoms with E-state index in [4.69, 9.17) is 0 Å². The predicted molar refractivity (Wildman–Crippen MR) is 148 cm³/mol. The minimum atomic E-state index is -1.53. The van der Waals surface area contributed by atoms with Gasteiger partial charge in [0.15, 0.2) is 0 Å². The van der Waals surface area contributed by atoms with Gasteiger partial charge in [-0.1, -0.05) is 31.0 Å². The number of carbonyl (C=O) groups excluding carboxylic acids is 1. The van der Waals surface area contributed by atoms with E-state index in [-0.39, 0.29) is 12.2 Å². The van der Waals surface area contributed by atoms with Crippen molar-refractivity contribution >= 4 is 28.7 Å². The maximum absolute atomic E-state index is 15.1. The van der Waals surface area contributed by atoms with E-state index in [1.807, 2.05) is 26.8 Å². The van der Waals surface area contributed by atoms with Crippen LogP contribution in [0.2, 0.25) is 0 Å². The molecular weight excluding hydrogens is 519 g/mol. The Hall–Kier alpha value is -3.29. The van der Waals surface area contributed by atoms with Gasteiger partial charge in [0.2, 0.25) is 5.91 Å². The minimum Gasteiger partial charge on any atom is -0.465 e. The molecule has 208 valence electrons. The van der Waals surface area contributed by atoms with Gasteiger partial charge in [-0.05, 0) is 87.8 Å². The number of hydrogen-bond donors (Lipinski definition) is 3. The molecule has 3 atom stereocenters. The number of likely N-dealkylation sites (tertiary alicyclic amines) is 1. The van der Waals surface area contributed by atoms with Gasteiger partial charge in [0.05, 0.1) is 38.6 Å². The highest BCUT2D eigenvalue weighted by Crippen LogP contribution is 2.43. The Morgan fingerprint density at radius 1 is 1.15 bits per heavy atom. The molecule has 0 spiro atoms. The van der Waals surface area contributed by atoms with E-state index in [2.05, 4.69) is 16.1 Å². The van der Waals surface area contributed by atoms with Crippen LogP contribution in [0.25, 0.3) is 0 Å². The van der Waals surface area contributed by atoms with Gasteiger partial charge in [-0.2, -0.15) is 5.26 Å². The number of anilines is 1. The largest absolute Gasteiger partial charge is 0.465 e. The highest BCUT2D eigenvalue weighted by atomic mass is 32.2. The normalized spacial score (nSPS) is 19.7. The second-order valence-corrected chi connectivity index (χ2v) is 13.3. The minimum absolute atomic E-state index is 0.0784. The lowest BCUT2D eigenvalue weighted by atomic mass is 9.79. The number of carboxylic acid groups (broad SMARTS) is 1. The number of hydrogen-bond acceptors (Lipinski definition) is 4. The molecule has 2 amide bonds. The summed E-state index contributed by atoms with van der Waals surface area (Å²) in [4.78, 5) is 25.7. The summed E-state index contributed by atoms with van der Waals surface area (Å²) in [6.45, 7) is 5.83. The smallest absolute Gasteiger partial charge is 0.407 e. The third-order valence-electron chi connectivity index (χ3n) is 7.45. The molecular formula is C29H35FN4O4S. The number of rotatable bonds is 9. The van der Waals surface area contributed by atoms with E-state index in [0.717, 1.165) is 29.7 Å². The SMILES string of the molecule is CC(C)(C)[S@@](=O)NC(CCC1CC1)(c1cccc(C#N)c1)c1ccc(F)c(NC(=O)C2CCCN2C(=O)O)c1. The predicted octanol–water partition coefficient (Wildman–Crippen LogP) is 5.26. The third-order valence-corrected chi connectivity index (χ3v) is 9.10. The average molecular weight is 555 g/mol. The second kappa shape index (κ2) is 11.4. The number of nitriles is 1. The first-order chi connectivity index (χ1) is 18.4. The van der Waals surface area contributed by atoms with Crippen LogP contribution >= 0.6 is 0 Å². The Bertz CT molecular complexity index is 1320. The second-order valence-electron chi connectivity index (χ2n) is 11.4. The van der Waals surface area contributed by atoms with Crippen LogP contribution in [0.15, 0.2) is 42.5 Å². The fraction of sp³-hybridized carbons (Fsp3) is 0.483. The van der Waals surface area contributed by atoms with Crippen molar-refractivity contribution in [2.24, 2.45) is 5.92 Å². The van der Waals surface area contributed by atoms with Crippen LogP contribution < -0.4 is 10.0 Å². The lowest BCUT2D eigenvalue weighted by Gasteiger charge is -2.38. The molecule has 1 saturated heterocycles. The van der Waals surface area contributed by atoms with Crippen molar-refractivity contribution in [1.82, 2.24) is 9.62 Å². The zero-order valence-corrected chi connectivity index (χ0v) is 23.3. The first kappa shape index (κ1) is 28.7. The van der Waals surface area contributed by atoms with Crippen molar-refractivity contribution in [3.05, 3.63) is 65.0 Å². The molecule has 1 aliphatic heterocycles. The fourth-order valence-corrected chi connectivity index (χ4v) is 5.95. The van der Waals surface area contributed by atoms with E-state index < -0.39 is 45.1 Å². The topological polar surface area (TPSA) is 123 Å². The van der Waals surface area contributed by atoms with E-state index in [1.165, 1.54) is 12.1 Å². The van der Waals surface area contributed by atoms with Gasteiger partial charge in [-0.25, -0.2) is 18.1 Å². The van der Waals surface area contributed by atoms with Crippen LogP contribution in [0.3, 0.4) is 0 Å². The first-order valence-electron chi connectivity index (χ1n) is 13.3. The maximum Gasteiger partial charge on any atom is 0.407 e. The Balaban J connectivity index is 1.80. The lowest BCUT2D eigenvalue weighted by Crippen LogP contribution is -2.49. The summed E-state index contributed by atoms with van der Waals surface area (Å²) in [5.41, 5.74) is 0.634. The molecule has 0 radical (unpaired) electrons. The monoisotopic (exact) mass is 554 g/mol. The summed E-state index contributed by atoms with van der Waals surface area (Å²) in [7, 11) is -1.53. The molecule has 2 aromatic carbocycles. The van der Waals surface area contributed by atoms with Gasteiger partial charge in [0.1, 0.15) is 11.9 Å². The molecule has 1 heterocycles. The van der Waals surface area contributed by atoms with Gasteiger partial charge < -0.3 is 10.4 Å². The van der Waals surface area contributed by atoms with Crippen LogP contribution in [0.4, 0.5) is 14.9 Å². The number of amides is 2. The van der Waals surface area contributed by atoms with Gasteiger partial charge in [0.25, 0.3) is 0 Å². The summed E-state index contributed by atoms with van der Waals surface area (Å²) in [6.07, 6.45) is 3.33. The molecule has 39 heavy (non-hydrogen) atoms. The molecule has 0 aromatic heterocycles. The van der Waals surface area contributed by atoms with Gasteiger partial charge in [-0.15, -0.1) is 0 Å². The number of halogens is 1. The molecule has 10 heteroatoms. The van der Waals surface area contributed by atoms with Crippen molar-refractivity contribution in [2.45, 2.75) is 75.6 Å². The zero-order chi connectivity index (χ0) is 28.4. The lowest BCUT2D eigenvalue weighted by molar-refractivity contribution is -0.119. The van der Waals surface area contributed by atoms with Crippen LogP contribution in [-0.4, -0.2) is 43.5 Å². The number of nitrogens with zero attached hydrogens (tertiary/aromatic N) is 2. The Morgan fingerprint density at radius 2 is 1.87 bits per heavy atom. The Labute approximate surface area is 231 Å². The molecule has 2 unspecified atom stereocenters. The van der Waals surface area contributed by atoms with Crippen molar-refractivity contribution in [3.63, 3.8) is 0 Å². The van der Waals surface area contributed by atoms with Crippen LogP contribution in [0, 0.1) is 23.1 Å². The molecule has 4 rings (SSSR count). The quantitative estimate of drug-likeness (QED) is 0.390. The molecule has 0 bridgehead atoms. The molecule has 2 aromatic rings. The summed E-state index contributed by atoms with van der Waals surface area (Å²) in [5.74, 6) is -0.713. The Kier molecular flexibility index (Phi) is 8.42. The zero-order valence-electron chi connectivity index (χ0n) is 22.5. The van der Waals surface area contributed by atoms with Crippen molar-refractivity contribution < 1.29 is 23.3 Å². The highest BCUT2D eigenvalue weighted by Gasteiger charge is 2.41. The van der Waals surface area contributed by atoms with Gasteiger partial charge >= 0.3 is 6.09 Å². The number of nitrogens with one attached hydrogen (secondary N) is 2. The van der Waals surface area contributed by atoms with Crippen molar-refractivity contribution in [3.8, 4) is 6.07 Å². The summed E-state index contributed by atoms with van der Waals surface area (Å²) >= 11 is 0. The molecule has 1 saturated carbocycles. The molecule has 8 nitrogen and oxygen atoms in total. The molecule has 3 N–H and O–H groups in total. The van der Waals surface area contributed by atoms with Crippen molar-refractivity contribution in [1.29, 1.82) is 5.26 Å². The van der Waals surface area contributed by atoms with E-state index in [9.17, 15) is 24.2 Å². The third kappa shape index (κ3) is 6.48. The number of carbonyl (C=O) groups is 2. The maximum atomic E-state index is 15.1. The summed E-state index contributed by atoms with van der Waals surface area (Å²) < 4.78 is 31.4. The standard InChI is InChI=1S/C29H35FN4O4S/c1-28(2,3)39(38)33-29(14-13-19-9-10-19,21-7-4-6-20(16-21)18-31)22-11-12-23(30)24(17-22)32-26(35)25-8-5-15-34(25)27(36)37/h4,6-7,11-12,16-17,19,25,33H,5,8-10,13-15H2,1-3H3,(H,32,35)(H,36,37)/t25?,29?,39-/m1/s1.